The summed E-state index contributed by atoms with van der Waals surface area (Å²) in [6, 6.07) is 4.38. The van der Waals surface area contributed by atoms with Crippen molar-refractivity contribution in [3.05, 3.63) is 26.6 Å². The SMILES string of the molecule is Cl.Oc1c(Br)cc([C@@H]2CCCN2)cc1Br. The Kier molecular flexibility index (Phi) is 4.90. The number of phenols is 1. The van der Waals surface area contributed by atoms with Crippen LogP contribution in [0.3, 0.4) is 0 Å². The zero-order valence-electron chi connectivity index (χ0n) is 7.96. The van der Waals surface area contributed by atoms with Gasteiger partial charge in [-0.05, 0) is 68.9 Å². The van der Waals surface area contributed by atoms with E-state index >= 15 is 0 Å². The molecule has 5 heteroatoms. The lowest BCUT2D eigenvalue weighted by molar-refractivity contribution is 0.467. The van der Waals surface area contributed by atoms with Crippen LogP contribution >= 0.6 is 44.3 Å². The van der Waals surface area contributed by atoms with E-state index in [4.69, 9.17) is 0 Å². The van der Waals surface area contributed by atoms with Gasteiger partial charge in [0.05, 0.1) is 8.95 Å². The van der Waals surface area contributed by atoms with Crippen molar-refractivity contribution in [1.29, 1.82) is 0 Å². The van der Waals surface area contributed by atoms with Crippen molar-refractivity contribution in [2.75, 3.05) is 6.54 Å². The summed E-state index contributed by atoms with van der Waals surface area (Å²) in [4.78, 5) is 0. The van der Waals surface area contributed by atoms with Crippen LogP contribution in [0.2, 0.25) is 0 Å². The minimum Gasteiger partial charge on any atom is -0.506 e. The first-order chi connectivity index (χ1) is 6.68. The third-order valence-electron chi connectivity index (χ3n) is 2.50. The molecule has 1 atom stereocenters. The predicted molar refractivity (Wildman–Crippen MR) is 70.7 cm³/mol. The molecule has 2 N–H and O–H groups in total. The van der Waals surface area contributed by atoms with Crippen LogP contribution in [-0.2, 0) is 0 Å². The largest absolute Gasteiger partial charge is 0.506 e. The molecule has 0 saturated carbocycles. The van der Waals surface area contributed by atoms with E-state index in [-0.39, 0.29) is 18.2 Å². The molecule has 1 aliphatic rings. The van der Waals surface area contributed by atoms with Gasteiger partial charge in [-0.3, -0.25) is 0 Å². The van der Waals surface area contributed by atoms with E-state index in [9.17, 15) is 5.11 Å². The normalized spacial score (nSPS) is 20.0. The van der Waals surface area contributed by atoms with Crippen LogP contribution in [-0.4, -0.2) is 11.7 Å². The summed E-state index contributed by atoms with van der Waals surface area (Å²) < 4.78 is 1.49. The summed E-state index contributed by atoms with van der Waals surface area (Å²) in [5.41, 5.74) is 1.22. The highest BCUT2D eigenvalue weighted by atomic mass is 79.9. The van der Waals surface area contributed by atoms with Gasteiger partial charge in [0.15, 0.2) is 0 Å². The number of nitrogens with one attached hydrogen (secondary N) is 1. The number of halogens is 3. The van der Waals surface area contributed by atoms with Gasteiger partial charge in [0, 0.05) is 6.04 Å². The average Bonchev–Trinajstić information content (AvgIpc) is 2.66. The second-order valence-corrected chi connectivity index (χ2v) is 5.19. The Morgan fingerprint density at radius 1 is 1.27 bits per heavy atom. The molecule has 15 heavy (non-hydrogen) atoms. The number of benzene rings is 1. The third kappa shape index (κ3) is 2.87. The first-order valence-electron chi connectivity index (χ1n) is 4.60. The molecule has 1 saturated heterocycles. The molecular weight excluding hydrogens is 345 g/mol. The third-order valence-corrected chi connectivity index (χ3v) is 3.71. The van der Waals surface area contributed by atoms with E-state index in [2.05, 4.69) is 37.2 Å². The molecule has 2 nitrogen and oxygen atoms in total. The van der Waals surface area contributed by atoms with Gasteiger partial charge in [-0.2, -0.15) is 0 Å². The standard InChI is InChI=1S/C10H11Br2NO.ClH/c11-7-4-6(5-8(12)10(7)14)9-2-1-3-13-9;/h4-5,9,13-14H,1-3H2;1H/t9-;/m0./s1. The molecule has 0 unspecified atom stereocenters. The first-order valence-corrected chi connectivity index (χ1v) is 6.18. The summed E-state index contributed by atoms with van der Waals surface area (Å²) in [5, 5.41) is 13.0. The summed E-state index contributed by atoms with van der Waals surface area (Å²) in [7, 11) is 0. The molecule has 0 radical (unpaired) electrons. The summed E-state index contributed by atoms with van der Waals surface area (Å²) in [6.07, 6.45) is 2.39. The van der Waals surface area contributed by atoms with Crippen LogP contribution in [0.15, 0.2) is 21.1 Å². The van der Waals surface area contributed by atoms with Crippen LogP contribution in [0.5, 0.6) is 5.75 Å². The Morgan fingerprint density at radius 2 is 1.87 bits per heavy atom. The van der Waals surface area contributed by atoms with Gasteiger partial charge < -0.3 is 10.4 Å². The van der Waals surface area contributed by atoms with Gasteiger partial charge in [-0.1, -0.05) is 0 Å². The second-order valence-electron chi connectivity index (χ2n) is 3.48. The number of phenolic OH excluding ortho intramolecular Hbond substituents is 1. The molecule has 0 amide bonds. The van der Waals surface area contributed by atoms with Crippen LogP contribution in [0.1, 0.15) is 24.4 Å². The lowest BCUT2D eigenvalue weighted by Gasteiger charge is -2.12. The molecule has 2 rings (SSSR count). The lowest BCUT2D eigenvalue weighted by atomic mass is 10.1. The minimum atomic E-state index is 0. The van der Waals surface area contributed by atoms with Crippen molar-refractivity contribution < 1.29 is 5.11 Å². The van der Waals surface area contributed by atoms with Crippen molar-refractivity contribution in [3.8, 4) is 5.75 Å². The zero-order valence-corrected chi connectivity index (χ0v) is 12.0. The van der Waals surface area contributed by atoms with E-state index in [1.807, 2.05) is 12.1 Å². The van der Waals surface area contributed by atoms with Gasteiger partial charge in [0.1, 0.15) is 5.75 Å². The average molecular weight is 357 g/mol. The Morgan fingerprint density at radius 3 is 2.33 bits per heavy atom. The molecule has 1 aliphatic heterocycles. The highest BCUT2D eigenvalue weighted by Crippen LogP contribution is 2.36. The van der Waals surface area contributed by atoms with E-state index in [0.29, 0.717) is 6.04 Å². The van der Waals surface area contributed by atoms with Crippen LogP contribution in [0.25, 0.3) is 0 Å². The lowest BCUT2D eigenvalue weighted by Crippen LogP contribution is -2.12. The van der Waals surface area contributed by atoms with Gasteiger partial charge in [0.2, 0.25) is 0 Å². The fourth-order valence-electron chi connectivity index (χ4n) is 1.76. The molecule has 0 bridgehead atoms. The van der Waals surface area contributed by atoms with Gasteiger partial charge in [0.25, 0.3) is 0 Å². The van der Waals surface area contributed by atoms with Gasteiger partial charge in [-0.25, -0.2) is 0 Å². The highest BCUT2D eigenvalue weighted by Gasteiger charge is 2.18. The van der Waals surface area contributed by atoms with Crippen LogP contribution in [0, 0.1) is 0 Å². The fraction of sp³-hybridized carbons (Fsp3) is 0.400. The van der Waals surface area contributed by atoms with Gasteiger partial charge in [-0.15, -0.1) is 12.4 Å². The maximum Gasteiger partial charge on any atom is 0.143 e. The Hall–Kier alpha value is 0.230. The van der Waals surface area contributed by atoms with Crippen molar-refractivity contribution in [3.63, 3.8) is 0 Å². The first kappa shape index (κ1) is 13.3. The second kappa shape index (κ2) is 5.53. The fourth-order valence-corrected chi connectivity index (χ4v) is 2.98. The number of hydrogen-bond acceptors (Lipinski definition) is 2. The Balaban J connectivity index is 0.00000112. The molecule has 1 aromatic rings. The Labute approximate surface area is 112 Å². The van der Waals surface area contributed by atoms with Crippen LogP contribution in [0.4, 0.5) is 0 Å². The highest BCUT2D eigenvalue weighted by molar-refractivity contribution is 9.11. The van der Waals surface area contributed by atoms with Gasteiger partial charge >= 0.3 is 0 Å². The van der Waals surface area contributed by atoms with E-state index < -0.39 is 0 Å². The van der Waals surface area contributed by atoms with E-state index in [0.717, 1.165) is 15.5 Å². The van der Waals surface area contributed by atoms with E-state index in [1.165, 1.54) is 18.4 Å². The smallest absolute Gasteiger partial charge is 0.143 e. The molecule has 0 aromatic heterocycles. The van der Waals surface area contributed by atoms with Crippen molar-refractivity contribution in [1.82, 2.24) is 5.32 Å². The quantitative estimate of drug-likeness (QED) is 0.802. The van der Waals surface area contributed by atoms with Crippen molar-refractivity contribution in [2.45, 2.75) is 18.9 Å². The number of hydrogen-bond donors (Lipinski definition) is 2. The molecule has 0 spiro atoms. The van der Waals surface area contributed by atoms with Crippen LogP contribution < -0.4 is 5.32 Å². The van der Waals surface area contributed by atoms with Crippen molar-refractivity contribution >= 4 is 44.3 Å². The number of rotatable bonds is 1. The van der Waals surface area contributed by atoms with E-state index in [1.54, 1.807) is 0 Å². The minimum absolute atomic E-state index is 0. The molecule has 84 valence electrons. The molecule has 1 heterocycles. The predicted octanol–water partition coefficient (Wildman–Crippen LogP) is 3.76. The molecule has 1 fully saturated rings. The molecular formula is C10H12Br2ClNO. The summed E-state index contributed by atoms with van der Waals surface area (Å²) in [5.74, 6) is 0.270. The number of aromatic hydroxyl groups is 1. The Bertz CT molecular complexity index is 330. The van der Waals surface area contributed by atoms with Crippen molar-refractivity contribution in [2.24, 2.45) is 0 Å². The maximum absolute atomic E-state index is 9.56. The molecule has 0 aliphatic carbocycles. The molecule has 1 aromatic carbocycles. The summed E-state index contributed by atoms with van der Waals surface area (Å²) in [6.45, 7) is 1.08. The maximum atomic E-state index is 9.56. The zero-order chi connectivity index (χ0) is 10.1. The summed E-state index contributed by atoms with van der Waals surface area (Å²) >= 11 is 6.67. The monoisotopic (exact) mass is 355 g/mol. The topological polar surface area (TPSA) is 32.3 Å².